The second-order valence-corrected chi connectivity index (χ2v) is 2.78. The summed E-state index contributed by atoms with van der Waals surface area (Å²) in [4.78, 5) is 0. The van der Waals surface area contributed by atoms with Crippen LogP contribution in [0.15, 0.2) is 0 Å². The molecule has 0 nitrogen and oxygen atoms in total. The van der Waals surface area contributed by atoms with Gasteiger partial charge in [-0.05, 0) is 64.2 Å². The van der Waals surface area contributed by atoms with Crippen molar-refractivity contribution < 1.29 is 25.8 Å². The van der Waals surface area contributed by atoms with Crippen LogP contribution >= 0.6 is 0 Å². The number of hydrogen-bond acceptors (Lipinski definition) is 0. The maximum Gasteiger partial charge on any atom is 4.00 e. The van der Waals surface area contributed by atoms with Crippen molar-refractivity contribution in [1.29, 1.82) is 0 Å². The molecule has 0 spiro atoms. The van der Waals surface area contributed by atoms with E-state index in [4.69, 9.17) is 0 Å². The quantitative estimate of drug-likeness (QED) is 0.453. The summed E-state index contributed by atoms with van der Waals surface area (Å²) in [6.07, 6.45) is 22.3. The molecule has 0 saturated heterocycles. The molecule has 17 heavy (non-hydrogen) atoms. The van der Waals surface area contributed by atoms with Gasteiger partial charge in [0.2, 0.25) is 0 Å². The van der Waals surface area contributed by atoms with E-state index in [1.165, 1.54) is 6.42 Å². The molecule has 2 saturated carbocycles. The van der Waals surface area contributed by atoms with Gasteiger partial charge < -0.3 is 13.8 Å². The molecule has 0 aromatic carbocycles. The van der Waals surface area contributed by atoms with Crippen LogP contribution in [0.2, 0.25) is 0 Å². The Hall–Kier alpha value is 0.870. The van der Waals surface area contributed by atoms with Crippen LogP contribution in [-0.2, 0) is 25.8 Å². The molecule has 0 atom stereocenters. The summed E-state index contributed by atoms with van der Waals surface area (Å²) in [7, 11) is 0. The second kappa shape index (κ2) is 25.7. The summed E-state index contributed by atoms with van der Waals surface area (Å²) in [5.74, 6) is 0. The molecule has 2 aliphatic rings. The van der Waals surface area contributed by atoms with E-state index in [0.717, 1.165) is 6.42 Å². The minimum atomic E-state index is 0. The Morgan fingerprint density at radius 3 is 0.824 bits per heavy atom. The summed E-state index contributed by atoms with van der Waals surface area (Å²) >= 11 is 0. The van der Waals surface area contributed by atoms with E-state index < -0.39 is 0 Å². The third-order valence-corrected chi connectivity index (χ3v) is 1.46. The summed E-state index contributed by atoms with van der Waals surface area (Å²) in [6, 6.07) is 0. The van der Waals surface area contributed by atoms with E-state index in [-0.39, 0.29) is 25.8 Å². The first-order valence-electron chi connectivity index (χ1n) is 5.75. The van der Waals surface area contributed by atoms with Gasteiger partial charge >= 0.3 is 25.8 Å². The molecule has 90 valence electrons. The van der Waals surface area contributed by atoms with Crippen molar-refractivity contribution in [1.82, 2.24) is 0 Å². The van der Waals surface area contributed by atoms with E-state index in [2.05, 4.69) is 20.8 Å². The predicted octanol–water partition coefficient (Wildman–Crippen LogP) is 4.50. The molecule has 0 unspecified atom stereocenters. The molecule has 0 heterocycles. The maximum absolute atomic E-state index is 3.60. The van der Waals surface area contributed by atoms with Crippen molar-refractivity contribution in [3.05, 3.63) is 78.1 Å². The minimum absolute atomic E-state index is 0. The zero-order valence-corrected chi connectivity index (χ0v) is 14.7. The predicted molar refractivity (Wildman–Crippen MR) is 74.3 cm³/mol. The van der Waals surface area contributed by atoms with Crippen LogP contribution < -0.4 is 0 Å². The Balaban J connectivity index is -0.000000158. The van der Waals surface area contributed by atoms with Crippen molar-refractivity contribution in [2.45, 2.75) is 26.7 Å². The normalized spacial score (nSPS) is 16.2. The molecule has 0 amide bonds. The fourth-order valence-corrected chi connectivity index (χ4v) is 0.642. The van der Waals surface area contributed by atoms with Crippen LogP contribution in [0, 0.1) is 78.1 Å². The first kappa shape index (κ1) is 23.0. The first-order valence-corrected chi connectivity index (χ1v) is 5.75. The van der Waals surface area contributed by atoms with Crippen LogP contribution in [0.1, 0.15) is 26.7 Å². The van der Waals surface area contributed by atoms with Gasteiger partial charge in [-0.15, -0.1) is 0 Å². The second-order valence-electron chi connectivity index (χ2n) is 2.78. The van der Waals surface area contributed by atoms with Gasteiger partial charge in [-0.25, -0.2) is 0 Å². The van der Waals surface area contributed by atoms with E-state index in [0.29, 0.717) is 0 Å². The minimum Gasteiger partial charge on any atom is -0.346 e. The van der Waals surface area contributed by atoms with Gasteiger partial charge in [0.15, 0.2) is 0 Å². The molecule has 0 aromatic rings. The molecule has 0 aliphatic heterocycles. The van der Waals surface area contributed by atoms with E-state index in [9.17, 15) is 0 Å². The third-order valence-electron chi connectivity index (χ3n) is 1.46. The zero-order chi connectivity index (χ0) is 12.5. The molecular weight excluding hydrogens is 371 g/mol. The number of unbranched alkanes of at least 4 members (excludes halogenated alkanes) is 1. The van der Waals surface area contributed by atoms with Gasteiger partial charge in [-0.2, -0.15) is 13.3 Å². The molecule has 0 aromatic heterocycles. The average Bonchev–Trinajstić information content (AvgIpc) is 3.07. The van der Waals surface area contributed by atoms with Gasteiger partial charge in [0, 0.05) is 0 Å². The largest absolute Gasteiger partial charge is 4.00 e. The van der Waals surface area contributed by atoms with Gasteiger partial charge in [0.25, 0.3) is 0 Å². The van der Waals surface area contributed by atoms with E-state index in [1.54, 1.807) is 6.92 Å². The van der Waals surface area contributed by atoms with Gasteiger partial charge in [-0.3, -0.25) is 0 Å². The average molecular weight is 395 g/mol. The molecule has 10 radical (unpaired) electrons. The molecule has 2 rings (SSSR count). The molecule has 1 heteroatoms. The van der Waals surface area contributed by atoms with Crippen LogP contribution in [0.5, 0.6) is 0 Å². The van der Waals surface area contributed by atoms with Crippen molar-refractivity contribution in [2.24, 2.45) is 0 Å². The Bertz CT molecular complexity index is 56.3. The molecule has 0 bridgehead atoms. The van der Waals surface area contributed by atoms with Crippen LogP contribution in [0.4, 0.5) is 0 Å². The molecule has 0 N–H and O–H groups in total. The molecular formula is C16H24Hf+2. The van der Waals surface area contributed by atoms with Gasteiger partial charge in [0.05, 0.1) is 0 Å². The molecule has 2 aliphatic carbocycles. The Morgan fingerprint density at radius 1 is 0.647 bits per heavy atom. The van der Waals surface area contributed by atoms with Crippen molar-refractivity contribution in [3.8, 4) is 0 Å². The Kier molecular flexibility index (Phi) is 34.7. The monoisotopic (exact) mass is 396 g/mol. The first-order chi connectivity index (χ1) is 7.91. The Morgan fingerprint density at radius 2 is 0.765 bits per heavy atom. The van der Waals surface area contributed by atoms with Crippen molar-refractivity contribution in [2.75, 3.05) is 0 Å². The SMILES string of the molecule is [CH2-]C.[CH2-]CCC.[CH]1[CH][CH][CH][CH]1.[CH]1[CH][CH][CH][CH]1.[Hf+4]. The van der Waals surface area contributed by atoms with Gasteiger partial charge in [0.1, 0.15) is 0 Å². The fourth-order valence-electron chi connectivity index (χ4n) is 0.642. The summed E-state index contributed by atoms with van der Waals surface area (Å²) in [5.41, 5.74) is 0. The van der Waals surface area contributed by atoms with Crippen molar-refractivity contribution in [3.63, 3.8) is 0 Å². The van der Waals surface area contributed by atoms with Crippen LogP contribution in [0.25, 0.3) is 0 Å². The number of rotatable bonds is 1. The van der Waals surface area contributed by atoms with Crippen LogP contribution in [0.3, 0.4) is 0 Å². The Labute approximate surface area is 130 Å². The summed E-state index contributed by atoms with van der Waals surface area (Å²) in [6.45, 7) is 10.7. The fraction of sp³-hybridized carbons (Fsp3) is 0.250. The van der Waals surface area contributed by atoms with E-state index >= 15 is 0 Å². The van der Waals surface area contributed by atoms with Crippen molar-refractivity contribution >= 4 is 0 Å². The summed E-state index contributed by atoms with van der Waals surface area (Å²) in [5, 5.41) is 0. The maximum atomic E-state index is 3.60. The third kappa shape index (κ3) is 26.5. The van der Waals surface area contributed by atoms with Crippen LogP contribution in [-0.4, -0.2) is 0 Å². The topological polar surface area (TPSA) is 0 Å². The standard InChI is InChI=1S/2C5H5.C4H9.C2H5.Hf/c2*1-2-4-5-3-1;1-3-4-2;1-2;/h2*1-5H;1,3-4H2,2H3;1H2,2H3;/q;;2*-1;+4. The number of hydrogen-bond donors (Lipinski definition) is 0. The smallest absolute Gasteiger partial charge is 0.346 e. The summed E-state index contributed by atoms with van der Waals surface area (Å²) < 4.78 is 0. The van der Waals surface area contributed by atoms with E-state index in [1.807, 2.05) is 64.2 Å². The van der Waals surface area contributed by atoms with Gasteiger partial charge in [-0.1, -0.05) is 13.3 Å². The zero-order valence-electron chi connectivity index (χ0n) is 11.1. The molecule has 2 fully saturated rings.